The van der Waals surface area contributed by atoms with Gasteiger partial charge in [-0.25, -0.2) is 0 Å². The maximum atomic E-state index is 10.4. The Balaban J connectivity index is -0.000000135. The molecule has 2 atom stereocenters. The second-order valence-corrected chi connectivity index (χ2v) is 5.17. The van der Waals surface area contributed by atoms with Gasteiger partial charge >= 0.3 is 11.9 Å². The molecule has 0 aliphatic heterocycles. The van der Waals surface area contributed by atoms with E-state index in [0.717, 1.165) is 51.4 Å². The van der Waals surface area contributed by atoms with Gasteiger partial charge in [-0.15, -0.1) is 0 Å². The summed E-state index contributed by atoms with van der Waals surface area (Å²) in [5.41, 5.74) is 0. The van der Waals surface area contributed by atoms with E-state index in [9.17, 15) is 9.59 Å². The first-order valence-electron chi connectivity index (χ1n) is 7.89. The molecular formula is C16H34CuO5. The van der Waals surface area contributed by atoms with Crippen molar-refractivity contribution in [3.8, 4) is 0 Å². The zero-order valence-corrected chi connectivity index (χ0v) is 15.3. The zero-order chi connectivity index (χ0) is 16.0. The molecule has 0 heterocycles. The van der Waals surface area contributed by atoms with Gasteiger partial charge in [0.15, 0.2) is 0 Å². The fourth-order valence-corrected chi connectivity index (χ4v) is 1.91. The average Bonchev–Trinajstić information content (AvgIpc) is 2.40. The van der Waals surface area contributed by atoms with Crippen LogP contribution in [0.2, 0.25) is 0 Å². The molecule has 0 bridgehead atoms. The Morgan fingerprint density at radius 3 is 1.18 bits per heavy atom. The predicted molar refractivity (Wildman–Crippen MR) is 85.5 cm³/mol. The largest absolute Gasteiger partial charge is 0.481 e. The van der Waals surface area contributed by atoms with E-state index in [-0.39, 0.29) is 34.4 Å². The molecule has 22 heavy (non-hydrogen) atoms. The number of hydrogen-bond acceptors (Lipinski definition) is 2. The minimum absolute atomic E-state index is 0. The third-order valence-electron chi connectivity index (χ3n) is 3.50. The fraction of sp³-hybridized carbons (Fsp3) is 0.875. The zero-order valence-electron chi connectivity index (χ0n) is 14.3. The van der Waals surface area contributed by atoms with Crippen LogP contribution in [0.5, 0.6) is 0 Å². The van der Waals surface area contributed by atoms with Gasteiger partial charge < -0.3 is 15.7 Å². The first kappa shape index (κ1) is 29.4. The number of carboxylic acid groups (broad SMARTS) is 2. The molecule has 139 valence electrons. The van der Waals surface area contributed by atoms with Crippen molar-refractivity contribution in [3.05, 3.63) is 0 Å². The normalized spacial score (nSPS) is 11.8. The number of hydrogen-bond donors (Lipinski definition) is 2. The maximum Gasteiger partial charge on any atom is 0.306 e. The van der Waals surface area contributed by atoms with Crippen LogP contribution in [0.15, 0.2) is 0 Å². The minimum atomic E-state index is -0.643. The average molecular weight is 370 g/mol. The molecule has 4 N–H and O–H groups in total. The molecular weight excluding hydrogens is 336 g/mol. The van der Waals surface area contributed by atoms with Crippen molar-refractivity contribution in [2.75, 3.05) is 0 Å². The van der Waals surface area contributed by atoms with Crippen molar-refractivity contribution in [2.45, 2.75) is 79.1 Å². The van der Waals surface area contributed by atoms with Crippen LogP contribution in [-0.2, 0) is 26.7 Å². The molecule has 0 aromatic carbocycles. The molecule has 0 saturated heterocycles. The van der Waals surface area contributed by atoms with E-state index in [2.05, 4.69) is 13.8 Å². The van der Waals surface area contributed by atoms with Crippen LogP contribution < -0.4 is 0 Å². The topological polar surface area (TPSA) is 106 Å². The minimum Gasteiger partial charge on any atom is -0.481 e. The molecule has 0 saturated carbocycles. The molecule has 0 rings (SSSR count). The van der Waals surface area contributed by atoms with E-state index in [4.69, 9.17) is 10.2 Å². The molecule has 2 unspecified atom stereocenters. The number of unbranched alkanes of at least 4 members (excludes halogenated alkanes) is 2. The van der Waals surface area contributed by atoms with Crippen molar-refractivity contribution in [1.29, 1.82) is 0 Å². The van der Waals surface area contributed by atoms with Crippen molar-refractivity contribution in [2.24, 2.45) is 11.8 Å². The van der Waals surface area contributed by atoms with Crippen LogP contribution in [0.3, 0.4) is 0 Å². The van der Waals surface area contributed by atoms with Crippen LogP contribution in [0.1, 0.15) is 79.1 Å². The Kier molecular flexibility index (Phi) is 27.3. The van der Waals surface area contributed by atoms with Gasteiger partial charge in [0.25, 0.3) is 0 Å². The molecule has 5 nitrogen and oxygen atoms in total. The number of aliphatic carboxylic acids is 2. The third kappa shape index (κ3) is 17.5. The number of carbonyl (C=O) groups is 2. The molecule has 1 radical (unpaired) electrons. The van der Waals surface area contributed by atoms with Crippen LogP contribution >= 0.6 is 0 Å². The van der Waals surface area contributed by atoms with Gasteiger partial charge in [-0.2, -0.15) is 0 Å². The summed E-state index contributed by atoms with van der Waals surface area (Å²) in [5, 5.41) is 17.2. The summed E-state index contributed by atoms with van der Waals surface area (Å²) >= 11 is 0. The molecule has 0 aliphatic rings. The fourth-order valence-electron chi connectivity index (χ4n) is 1.91. The standard InChI is InChI=1S/2C8H16O2.Cu.H2O/c2*1-3-5-6-7(4-2)8(9)10;;/h2*7H,3-6H2,1-2H3,(H,9,10);;1H2. The smallest absolute Gasteiger partial charge is 0.306 e. The summed E-state index contributed by atoms with van der Waals surface area (Å²) in [6.45, 7) is 8.01. The van der Waals surface area contributed by atoms with Crippen molar-refractivity contribution in [1.82, 2.24) is 0 Å². The van der Waals surface area contributed by atoms with Gasteiger partial charge in [-0.3, -0.25) is 9.59 Å². The van der Waals surface area contributed by atoms with Gasteiger partial charge in [-0.05, 0) is 25.7 Å². The Labute approximate surface area is 145 Å². The predicted octanol–water partition coefficient (Wildman–Crippen LogP) is 3.75. The second kappa shape index (κ2) is 20.4. The van der Waals surface area contributed by atoms with Gasteiger partial charge in [-0.1, -0.05) is 53.4 Å². The quantitative estimate of drug-likeness (QED) is 0.572. The molecule has 0 aromatic heterocycles. The first-order chi connectivity index (χ1) is 9.44. The summed E-state index contributed by atoms with van der Waals surface area (Å²) < 4.78 is 0. The number of carboxylic acids is 2. The Morgan fingerprint density at radius 1 is 0.773 bits per heavy atom. The third-order valence-corrected chi connectivity index (χ3v) is 3.50. The maximum absolute atomic E-state index is 10.4. The summed E-state index contributed by atoms with van der Waals surface area (Å²) in [7, 11) is 0. The molecule has 0 fully saturated rings. The summed E-state index contributed by atoms with van der Waals surface area (Å²) in [4.78, 5) is 20.9. The SMILES string of the molecule is CCCCC(CC)C(=O)O.CCCCC(CC)C(=O)O.O.[Cu]. The van der Waals surface area contributed by atoms with E-state index in [1.54, 1.807) is 0 Å². The Bertz CT molecular complexity index is 233. The van der Waals surface area contributed by atoms with Crippen LogP contribution in [0.25, 0.3) is 0 Å². The molecule has 0 amide bonds. The van der Waals surface area contributed by atoms with Crippen molar-refractivity contribution in [3.63, 3.8) is 0 Å². The van der Waals surface area contributed by atoms with E-state index in [0.29, 0.717) is 0 Å². The van der Waals surface area contributed by atoms with Crippen LogP contribution in [-0.4, -0.2) is 27.6 Å². The van der Waals surface area contributed by atoms with Gasteiger partial charge in [0.1, 0.15) is 0 Å². The van der Waals surface area contributed by atoms with Crippen molar-refractivity contribution >= 4 is 11.9 Å². The molecule has 0 spiro atoms. The van der Waals surface area contributed by atoms with Crippen molar-refractivity contribution < 1.29 is 42.3 Å². The van der Waals surface area contributed by atoms with E-state index in [1.165, 1.54) is 0 Å². The van der Waals surface area contributed by atoms with E-state index in [1.807, 2.05) is 13.8 Å². The van der Waals surface area contributed by atoms with Gasteiger partial charge in [0, 0.05) is 17.1 Å². The van der Waals surface area contributed by atoms with E-state index < -0.39 is 11.9 Å². The first-order valence-corrected chi connectivity index (χ1v) is 7.89. The summed E-state index contributed by atoms with van der Waals surface area (Å²) in [6.07, 6.45) is 7.43. The van der Waals surface area contributed by atoms with Crippen LogP contribution in [0, 0.1) is 11.8 Å². The van der Waals surface area contributed by atoms with Gasteiger partial charge in [0.2, 0.25) is 0 Å². The summed E-state index contributed by atoms with van der Waals surface area (Å²) in [5.74, 6) is -1.51. The molecule has 0 aliphatic carbocycles. The Hall–Kier alpha value is -0.581. The van der Waals surface area contributed by atoms with Crippen LogP contribution in [0.4, 0.5) is 0 Å². The monoisotopic (exact) mass is 369 g/mol. The van der Waals surface area contributed by atoms with Gasteiger partial charge in [0.05, 0.1) is 11.8 Å². The molecule has 6 heteroatoms. The summed E-state index contributed by atoms with van der Waals surface area (Å²) in [6, 6.07) is 0. The molecule has 0 aromatic rings. The second-order valence-electron chi connectivity index (χ2n) is 5.17. The van der Waals surface area contributed by atoms with E-state index >= 15 is 0 Å². The Morgan fingerprint density at radius 2 is 1.05 bits per heavy atom. The number of rotatable bonds is 10.